The van der Waals surface area contributed by atoms with Crippen molar-refractivity contribution in [2.45, 2.75) is 32.4 Å². The molecular formula is C18H23ClN4O. The van der Waals surface area contributed by atoms with E-state index in [-0.39, 0.29) is 5.91 Å². The van der Waals surface area contributed by atoms with Gasteiger partial charge in [-0.1, -0.05) is 36.7 Å². The molecule has 1 aromatic heterocycles. The van der Waals surface area contributed by atoms with Gasteiger partial charge in [0.15, 0.2) is 0 Å². The van der Waals surface area contributed by atoms with Gasteiger partial charge in [-0.25, -0.2) is 0 Å². The summed E-state index contributed by atoms with van der Waals surface area (Å²) in [6.45, 7) is 5.59. The molecule has 2 aromatic rings. The number of rotatable bonds is 6. The summed E-state index contributed by atoms with van der Waals surface area (Å²) in [6, 6.07) is 8.12. The van der Waals surface area contributed by atoms with E-state index in [2.05, 4.69) is 22.2 Å². The number of nitrogens with one attached hydrogen (secondary N) is 1. The number of carbonyl (C=O) groups is 1. The summed E-state index contributed by atoms with van der Waals surface area (Å²) in [5, 5.41) is 8.01. The highest BCUT2D eigenvalue weighted by Gasteiger charge is 2.23. The first-order valence-corrected chi connectivity index (χ1v) is 8.83. The number of hydrogen-bond acceptors (Lipinski definition) is 3. The topological polar surface area (TPSA) is 50.2 Å². The van der Waals surface area contributed by atoms with Crippen LogP contribution in [-0.4, -0.2) is 46.3 Å². The van der Waals surface area contributed by atoms with Gasteiger partial charge in [0.1, 0.15) is 0 Å². The standard InChI is InChI=1S/C18H23ClN4O/c1-2-22-9-5-7-16(22)11-20-18(24)15-10-21-23(13-15)12-14-6-3-4-8-17(14)19/h3-4,6,8,10,13,16H,2,5,7,9,11-12H2,1H3,(H,20,24). The number of carbonyl (C=O) groups excluding carboxylic acids is 1. The van der Waals surface area contributed by atoms with E-state index in [1.165, 1.54) is 6.42 Å². The maximum atomic E-state index is 12.3. The highest BCUT2D eigenvalue weighted by atomic mass is 35.5. The van der Waals surface area contributed by atoms with E-state index >= 15 is 0 Å². The summed E-state index contributed by atoms with van der Waals surface area (Å²) >= 11 is 6.17. The van der Waals surface area contributed by atoms with E-state index < -0.39 is 0 Å². The van der Waals surface area contributed by atoms with Crippen LogP contribution in [0.3, 0.4) is 0 Å². The number of nitrogens with zero attached hydrogens (tertiary/aromatic N) is 3. The average molecular weight is 347 g/mol. The SMILES string of the molecule is CCN1CCCC1CNC(=O)c1cnn(Cc2ccccc2Cl)c1. The molecule has 0 radical (unpaired) electrons. The number of amides is 1. The third-order valence-electron chi connectivity index (χ3n) is 4.59. The molecule has 0 saturated carbocycles. The van der Waals surface area contributed by atoms with Crippen LogP contribution in [0.1, 0.15) is 35.7 Å². The minimum atomic E-state index is -0.0663. The summed E-state index contributed by atoms with van der Waals surface area (Å²) in [7, 11) is 0. The minimum Gasteiger partial charge on any atom is -0.350 e. The molecule has 1 aliphatic heterocycles. The Bertz CT molecular complexity index is 700. The fourth-order valence-electron chi connectivity index (χ4n) is 3.22. The molecule has 1 saturated heterocycles. The lowest BCUT2D eigenvalue weighted by molar-refractivity contribution is 0.0941. The molecule has 2 heterocycles. The van der Waals surface area contributed by atoms with Gasteiger partial charge in [0, 0.05) is 23.8 Å². The summed E-state index contributed by atoms with van der Waals surface area (Å²) in [4.78, 5) is 14.7. The number of hydrogen-bond donors (Lipinski definition) is 1. The number of benzene rings is 1. The van der Waals surface area contributed by atoms with Crippen molar-refractivity contribution in [2.24, 2.45) is 0 Å². The smallest absolute Gasteiger partial charge is 0.254 e. The van der Waals surface area contributed by atoms with Gasteiger partial charge in [-0.15, -0.1) is 0 Å². The largest absolute Gasteiger partial charge is 0.350 e. The van der Waals surface area contributed by atoms with Crippen LogP contribution in [0.2, 0.25) is 5.02 Å². The van der Waals surface area contributed by atoms with Gasteiger partial charge in [-0.2, -0.15) is 5.10 Å². The molecule has 3 rings (SSSR count). The van der Waals surface area contributed by atoms with Crippen LogP contribution in [0.15, 0.2) is 36.7 Å². The maximum Gasteiger partial charge on any atom is 0.254 e. The Morgan fingerprint density at radius 1 is 1.42 bits per heavy atom. The zero-order valence-electron chi connectivity index (χ0n) is 13.9. The van der Waals surface area contributed by atoms with Crippen molar-refractivity contribution in [2.75, 3.05) is 19.6 Å². The van der Waals surface area contributed by atoms with Crippen LogP contribution in [0, 0.1) is 0 Å². The van der Waals surface area contributed by atoms with Crippen molar-refractivity contribution in [1.82, 2.24) is 20.0 Å². The second-order valence-corrected chi connectivity index (χ2v) is 6.56. The summed E-state index contributed by atoms with van der Waals surface area (Å²) in [6.07, 6.45) is 5.74. The predicted molar refractivity (Wildman–Crippen MR) is 95.4 cm³/mol. The van der Waals surface area contributed by atoms with Crippen molar-refractivity contribution >= 4 is 17.5 Å². The average Bonchev–Trinajstić information content (AvgIpc) is 3.23. The monoisotopic (exact) mass is 346 g/mol. The lowest BCUT2D eigenvalue weighted by Gasteiger charge is -2.22. The van der Waals surface area contributed by atoms with Crippen molar-refractivity contribution in [3.63, 3.8) is 0 Å². The molecule has 1 atom stereocenters. The Morgan fingerprint density at radius 2 is 2.25 bits per heavy atom. The predicted octanol–water partition coefficient (Wildman–Crippen LogP) is 2.80. The first-order valence-electron chi connectivity index (χ1n) is 8.45. The lowest BCUT2D eigenvalue weighted by Crippen LogP contribution is -2.39. The van der Waals surface area contributed by atoms with E-state index in [9.17, 15) is 4.79 Å². The van der Waals surface area contributed by atoms with Gasteiger partial charge in [-0.05, 0) is 37.6 Å². The summed E-state index contributed by atoms with van der Waals surface area (Å²) < 4.78 is 1.74. The molecule has 24 heavy (non-hydrogen) atoms. The molecule has 0 aliphatic carbocycles. The van der Waals surface area contributed by atoms with E-state index in [4.69, 9.17) is 11.6 Å². The number of likely N-dealkylation sites (tertiary alicyclic amines) is 1. The number of halogens is 1. The molecule has 5 nitrogen and oxygen atoms in total. The van der Waals surface area contributed by atoms with Gasteiger partial charge in [0.25, 0.3) is 5.91 Å². The molecule has 1 aromatic carbocycles. The fraction of sp³-hybridized carbons (Fsp3) is 0.444. The summed E-state index contributed by atoms with van der Waals surface area (Å²) in [5.41, 5.74) is 1.57. The Balaban J connectivity index is 1.57. The normalized spacial score (nSPS) is 18.0. The first kappa shape index (κ1) is 17.0. The molecule has 128 valence electrons. The second kappa shape index (κ2) is 7.81. The van der Waals surface area contributed by atoms with E-state index in [0.717, 1.165) is 25.1 Å². The van der Waals surface area contributed by atoms with Crippen LogP contribution in [-0.2, 0) is 6.54 Å². The highest BCUT2D eigenvalue weighted by Crippen LogP contribution is 2.17. The van der Waals surface area contributed by atoms with Crippen molar-refractivity contribution in [1.29, 1.82) is 0 Å². The van der Waals surface area contributed by atoms with Gasteiger partial charge in [0.05, 0.1) is 18.3 Å². The molecule has 1 amide bonds. The van der Waals surface area contributed by atoms with Gasteiger partial charge in [-0.3, -0.25) is 14.4 Å². The Morgan fingerprint density at radius 3 is 3.04 bits per heavy atom. The Labute approximate surface area is 147 Å². The van der Waals surface area contributed by atoms with Crippen LogP contribution < -0.4 is 5.32 Å². The maximum absolute atomic E-state index is 12.3. The van der Waals surface area contributed by atoms with E-state index in [1.807, 2.05) is 24.3 Å². The second-order valence-electron chi connectivity index (χ2n) is 6.15. The molecule has 1 fully saturated rings. The molecule has 1 aliphatic rings. The quantitative estimate of drug-likeness (QED) is 0.875. The van der Waals surface area contributed by atoms with Crippen LogP contribution in [0.5, 0.6) is 0 Å². The zero-order chi connectivity index (χ0) is 16.9. The Hall–Kier alpha value is -1.85. The van der Waals surface area contributed by atoms with Gasteiger partial charge in [0.2, 0.25) is 0 Å². The van der Waals surface area contributed by atoms with E-state index in [0.29, 0.717) is 29.7 Å². The van der Waals surface area contributed by atoms with Crippen LogP contribution in [0.4, 0.5) is 0 Å². The molecule has 6 heteroatoms. The molecule has 1 N–H and O–H groups in total. The fourth-order valence-corrected chi connectivity index (χ4v) is 3.42. The van der Waals surface area contributed by atoms with Crippen molar-refractivity contribution < 1.29 is 4.79 Å². The number of aromatic nitrogens is 2. The van der Waals surface area contributed by atoms with Crippen LogP contribution in [0.25, 0.3) is 0 Å². The molecule has 0 spiro atoms. The van der Waals surface area contributed by atoms with Crippen LogP contribution >= 0.6 is 11.6 Å². The molecule has 1 unspecified atom stereocenters. The lowest BCUT2D eigenvalue weighted by atomic mass is 10.2. The first-order chi connectivity index (χ1) is 11.7. The summed E-state index contributed by atoms with van der Waals surface area (Å²) in [5.74, 6) is -0.0663. The van der Waals surface area contributed by atoms with Gasteiger partial charge >= 0.3 is 0 Å². The zero-order valence-corrected chi connectivity index (χ0v) is 14.7. The minimum absolute atomic E-state index is 0.0663. The van der Waals surface area contributed by atoms with Crippen molar-refractivity contribution in [3.8, 4) is 0 Å². The molecule has 0 bridgehead atoms. The molecular weight excluding hydrogens is 324 g/mol. The third kappa shape index (κ3) is 3.97. The Kier molecular flexibility index (Phi) is 5.53. The van der Waals surface area contributed by atoms with Gasteiger partial charge < -0.3 is 5.32 Å². The van der Waals surface area contributed by atoms with E-state index in [1.54, 1.807) is 17.1 Å². The van der Waals surface area contributed by atoms with Crippen molar-refractivity contribution in [3.05, 3.63) is 52.8 Å². The number of likely N-dealkylation sites (N-methyl/N-ethyl adjacent to an activating group) is 1. The highest BCUT2D eigenvalue weighted by molar-refractivity contribution is 6.31. The third-order valence-corrected chi connectivity index (χ3v) is 4.96.